The van der Waals surface area contributed by atoms with Crippen LogP contribution < -0.4 is 10.1 Å². The number of amides is 1. The number of nitrogens with one attached hydrogen (secondary N) is 1. The highest BCUT2D eigenvalue weighted by molar-refractivity contribution is 5.91. The van der Waals surface area contributed by atoms with Gasteiger partial charge in [0.2, 0.25) is 5.91 Å². The SMILES string of the molecule is Cc1cc(-n2ccnc2)c2cccc(OCc3c(C)cncc3CNC(=O)C(C)C)c2n1. The van der Waals surface area contributed by atoms with Crippen LogP contribution in [0.1, 0.15) is 36.2 Å². The molecule has 3 aromatic heterocycles. The Labute approximate surface area is 187 Å². The van der Waals surface area contributed by atoms with Crippen molar-refractivity contribution in [3.05, 3.63) is 77.8 Å². The molecule has 1 N–H and O–H groups in total. The zero-order valence-electron chi connectivity index (χ0n) is 18.8. The monoisotopic (exact) mass is 429 g/mol. The van der Waals surface area contributed by atoms with Crippen molar-refractivity contribution in [1.82, 2.24) is 24.8 Å². The van der Waals surface area contributed by atoms with Gasteiger partial charge in [-0.25, -0.2) is 9.97 Å². The van der Waals surface area contributed by atoms with Crippen LogP contribution in [0.5, 0.6) is 5.75 Å². The van der Waals surface area contributed by atoms with E-state index in [-0.39, 0.29) is 11.8 Å². The summed E-state index contributed by atoms with van der Waals surface area (Å²) in [6, 6.07) is 7.98. The number of imidazole rings is 1. The summed E-state index contributed by atoms with van der Waals surface area (Å²) in [7, 11) is 0. The number of hydrogen-bond donors (Lipinski definition) is 1. The molecular formula is C25H27N5O2. The number of rotatable bonds is 7. The highest BCUT2D eigenvalue weighted by atomic mass is 16.5. The number of pyridine rings is 2. The van der Waals surface area contributed by atoms with Gasteiger partial charge in [-0.2, -0.15) is 0 Å². The summed E-state index contributed by atoms with van der Waals surface area (Å²) in [5.74, 6) is 0.655. The fourth-order valence-corrected chi connectivity index (χ4v) is 3.60. The third-order valence-electron chi connectivity index (χ3n) is 5.40. The minimum atomic E-state index is -0.0674. The van der Waals surface area contributed by atoms with E-state index >= 15 is 0 Å². The number of para-hydroxylation sites is 1. The number of hydrogen-bond acceptors (Lipinski definition) is 5. The molecule has 0 radical (unpaired) electrons. The molecule has 0 fully saturated rings. The Morgan fingerprint density at radius 1 is 1.19 bits per heavy atom. The zero-order chi connectivity index (χ0) is 22.7. The van der Waals surface area contributed by atoms with Crippen molar-refractivity contribution in [2.45, 2.75) is 40.8 Å². The van der Waals surface area contributed by atoms with Crippen LogP contribution in [0.3, 0.4) is 0 Å². The Kier molecular flexibility index (Phi) is 6.16. The number of aryl methyl sites for hydroxylation is 2. The van der Waals surface area contributed by atoms with Crippen LogP contribution in [0.15, 0.2) is 55.4 Å². The number of nitrogens with zero attached hydrogens (tertiary/aromatic N) is 4. The van der Waals surface area contributed by atoms with E-state index in [1.165, 1.54) is 0 Å². The second kappa shape index (κ2) is 9.18. The number of carbonyl (C=O) groups excluding carboxylic acids is 1. The lowest BCUT2D eigenvalue weighted by Crippen LogP contribution is -2.27. The van der Waals surface area contributed by atoms with Gasteiger partial charge in [-0.3, -0.25) is 9.78 Å². The van der Waals surface area contributed by atoms with Crippen LogP contribution in [0.2, 0.25) is 0 Å². The minimum absolute atomic E-state index is 0.0131. The maximum absolute atomic E-state index is 12.0. The third-order valence-corrected chi connectivity index (χ3v) is 5.40. The van der Waals surface area contributed by atoms with Gasteiger partial charge in [-0.15, -0.1) is 0 Å². The van der Waals surface area contributed by atoms with Gasteiger partial charge in [0.1, 0.15) is 17.9 Å². The molecule has 0 unspecified atom stereocenters. The van der Waals surface area contributed by atoms with E-state index in [0.29, 0.717) is 18.9 Å². The maximum Gasteiger partial charge on any atom is 0.222 e. The number of aromatic nitrogens is 4. The van der Waals surface area contributed by atoms with Crippen LogP contribution >= 0.6 is 0 Å². The average Bonchev–Trinajstić information content (AvgIpc) is 3.31. The average molecular weight is 430 g/mol. The number of benzene rings is 1. The van der Waals surface area contributed by atoms with Crippen molar-refractivity contribution in [2.24, 2.45) is 5.92 Å². The van der Waals surface area contributed by atoms with E-state index in [1.54, 1.807) is 18.7 Å². The van der Waals surface area contributed by atoms with Crippen LogP contribution in [0, 0.1) is 19.8 Å². The summed E-state index contributed by atoms with van der Waals surface area (Å²) in [6.45, 7) is 8.50. The highest BCUT2D eigenvalue weighted by Crippen LogP contribution is 2.30. The molecule has 0 atom stereocenters. The first kappa shape index (κ1) is 21.5. The van der Waals surface area contributed by atoms with E-state index in [9.17, 15) is 4.79 Å². The second-order valence-electron chi connectivity index (χ2n) is 8.16. The molecule has 4 rings (SSSR count). The van der Waals surface area contributed by atoms with Crippen LogP contribution in [0.25, 0.3) is 16.6 Å². The number of ether oxygens (including phenoxy) is 1. The Hall–Kier alpha value is -3.74. The van der Waals surface area contributed by atoms with E-state index in [0.717, 1.165) is 39.0 Å². The predicted molar refractivity (Wildman–Crippen MR) is 124 cm³/mol. The molecule has 164 valence electrons. The molecule has 0 spiro atoms. The fraction of sp³-hybridized carbons (Fsp3) is 0.280. The van der Waals surface area contributed by atoms with Crippen molar-refractivity contribution in [2.75, 3.05) is 0 Å². The molecule has 0 aliphatic rings. The quantitative estimate of drug-likeness (QED) is 0.474. The Balaban J connectivity index is 1.64. The number of fused-ring (bicyclic) bond motifs is 1. The van der Waals surface area contributed by atoms with Crippen molar-refractivity contribution >= 4 is 16.8 Å². The molecule has 0 aliphatic heterocycles. The molecule has 32 heavy (non-hydrogen) atoms. The first-order valence-electron chi connectivity index (χ1n) is 10.7. The summed E-state index contributed by atoms with van der Waals surface area (Å²) in [6.07, 6.45) is 9.05. The minimum Gasteiger partial charge on any atom is -0.487 e. The lowest BCUT2D eigenvalue weighted by atomic mass is 10.1. The first-order chi connectivity index (χ1) is 15.4. The van der Waals surface area contributed by atoms with Gasteiger partial charge in [0.15, 0.2) is 0 Å². The summed E-state index contributed by atoms with van der Waals surface area (Å²) < 4.78 is 8.26. The summed E-state index contributed by atoms with van der Waals surface area (Å²) >= 11 is 0. The zero-order valence-corrected chi connectivity index (χ0v) is 18.8. The highest BCUT2D eigenvalue weighted by Gasteiger charge is 2.14. The molecule has 0 saturated heterocycles. The molecular weight excluding hydrogens is 402 g/mol. The fourth-order valence-electron chi connectivity index (χ4n) is 3.60. The summed E-state index contributed by atoms with van der Waals surface area (Å²) in [4.78, 5) is 25.2. The normalized spacial score (nSPS) is 11.2. The molecule has 0 saturated carbocycles. The standard InChI is InChI=1S/C25H27N5O2/c1-16(2)25(31)28-13-19-12-27-11-17(3)21(19)14-32-23-7-5-6-20-22(30-9-8-26-15-30)10-18(4)29-24(20)23/h5-12,15-16H,13-14H2,1-4H3,(H,28,31). The topological polar surface area (TPSA) is 81.9 Å². The van der Waals surface area contributed by atoms with Crippen LogP contribution in [0.4, 0.5) is 0 Å². The Morgan fingerprint density at radius 3 is 2.78 bits per heavy atom. The lowest BCUT2D eigenvalue weighted by molar-refractivity contribution is -0.124. The van der Waals surface area contributed by atoms with Gasteiger partial charge in [0, 0.05) is 53.9 Å². The molecule has 7 nitrogen and oxygen atoms in total. The van der Waals surface area contributed by atoms with Gasteiger partial charge in [0.25, 0.3) is 0 Å². The van der Waals surface area contributed by atoms with Crippen molar-refractivity contribution < 1.29 is 9.53 Å². The van der Waals surface area contributed by atoms with Crippen LogP contribution in [-0.4, -0.2) is 25.4 Å². The van der Waals surface area contributed by atoms with E-state index in [2.05, 4.69) is 15.3 Å². The maximum atomic E-state index is 12.0. The summed E-state index contributed by atoms with van der Waals surface area (Å²) in [5, 5.41) is 3.96. The van der Waals surface area contributed by atoms with Crippen LogP contribution in [-0.2, 0) is 17.9 Å². The number of carbonyl (C=O) groups is 1. The van der Waals surface area contributed by atoms with Gasteiger partial charge in [-0.05, 0) is 37.1 Å². The summed E-state index contributed by atoms with van der Waals surface area (Å²) in [5.41, 5.74) is 5.69. The molecule has 7 heteroatoms. The van der Waals surface area contributed by atoms with Gasteiger partial charge in [-0.1, -0.05) is 26.0 Å². The first-order valence-corrected chi connectivity index (χ1v) is 10.7. The smallest absolute Gasteiger partial charge is 0.222 e. The largest absolute Gasteiger partial charge is 0.487 e. The molecule has 3 heterocycles. The lowest BCUT2D eigenvalue weighted by Gasteiger charge is -2.16. The van der Waals surface area contributed by atoms with E-state index in [1.807, 2.05) is 68.9 Å². The van der Waals surface area contributed by atoms with E-state index < -0.39 is 0 Å². The second-order valence-corrected chi connectivity index (χ2v) is 8.16. The third kappa shape index (κ3) is 4.46. The van der Waals surface area contributed by atoms with Gasteiger partial charge < -0.3 is 14.6 Å². The van der Waals surface area contributed by atoms with E-state index in [4.69, 9.17) is 9.72 Å². The Bertz CT molecular complexity index is 1250. The van der Waals surface area contributed by atoms with Crippen molar-refractivity contribution in [1.29, 1.82) is 0 Å². The molecule has 1 aromatic carbocycles. The Morgan fingerprint density at radius 2 is 2.03 bits per heavy atom. The molecule has 0 bridgehead atoms. The van der Waals surface area contributed by atoms with Crippen molar-refractivity contribution in [3.8, 4) is 11.4 Å². The predicted octanol–water partition coefficient (Wildman–Crippen LogP) is 4.28. The molecule has 1 amide bonds. The molecule has 4 aromatic rings. The van der Waals surface area contributed by atoms with Gasteiger partial charge >= 0.3 is 0 Å². The van der Waals surface area contributed by atoms with Crippen molar-refractivity contribution in [3.63, 3.8) is 0 Å². The molecule has 0 aliphatic carbocycles. The van der Waals surface area contributed by atoms with Gasteiger partial charge in [0.05, 0.1) is 12.0 Å².